The normalized spacial score (nSPS) is 19.6. The van der Waals surface area contributed by atoms with Gasteiger partial charge >= 0.3 is 23.9 Å². The number of nitrogens with two attached hydrogens (primary N) is 1. The van der Waals surface area contributed by atoms with Crippen molar-refractivity contribution in [3.63, 3.8) is 0 Å². The molecule has 1 aromatic carbocycles. The van der Waals surface area contributed by atoms with Crippen LogP contribution in [-0.2, 0) is 44.9 Å². The Bertz CT molecular complexity index is 2280. The molecule has 23 nitrogen and oxygen atoms in total. The van der Waals surface area contributed by atoms with Crippen molar-refractivity contribution in [3.05, 3.63) is 29.8 Å². The van der Waals surface area contributed by atoms with Gasteiger partial charge in [-0.05, 0) is 104 Å². The number of aliphatic imine (C=N–C) groups is 1. The van der Waals surface area contributed by atoms with E-state index in [-0.39, 0.29) is 55.9 Å². The van der Waals surface area contributed by atoms with Crippen molar-refractivity contribution in [1.82, 2.24) is 40.4 Å². The van der Waals surface area contributed by atoms with Crippen LogP contribution in [0, 0.1) is 11.8 Å². The SMILES string of the molecule is CSCCC(NC(=S)Nc1ccc(CN2CCN(CC(=O)O)CCN(CC(=O)O)CCN(CC(=O)O)CC2)cc1)C(=O)NC(C(=O)NC(CCCCN1C(=O)CC(SCCCC(N)=NCC2CCCCCCCCCCC2)C1=O)C(=O)O)C(C)C. The standard InChI is InChI=1S/C59H97N11O12S3/c1-42(2)54(56(79)63-47(58(81)82)18-13-14-25-70-50(71)36-48(57(70)80)85-34-15-19-49(60)61-37-43-16-11-9-7-5-4-6-8-10-12-17-43)65-55(78)46(24-35-84-3)64-59(83)62-45-22-20-44(21-23-45)38-66-26-28-67(39-51(72)73)30-32-69(41-53(76)77)33-31-68(29-27-66)40-52(74)75/h20-23,42-43,46-48,54H,4-19,24-41H2,1-3H3,(H2,60,61)(H,63,79)(H,65,78)(H,72,73)(H,74,75)(H,76,77)(H,81,82)(H2,62,64,83). The first-order chi connectivity index (χ1) is 40.7. The molecule has 1 aliphatic carbocycles. The quantitative estimate of drug-likeness (QED) is 0.0157. The van der Waals surface area contributed by atoms with Crippen molar-refractivity contribution >= 4 is 99.9 Å². The van der Waals surface area contributed by atoms with Crippen LogP contribution in [-0.4, -0.2) is 230 Å². The topological polar surface area (TPSA) is 320 Å². The van der Waals surface area contributed by atoms with E-state index in [2.05, 4.69) is 26.2 Å². The molecule has 3 fully saturated rings. The number of amidine groups is 1. The van der Waals surface area contributed by atoms with E-state index in [9.17, 15) is 58.8 Å². The Morgan fingerprint density at radius 1 is 0.671 bits per heavy atom. The number of nitrogens with zero attached hydrogens (tertiary/aromatic N) is 6. The van der Waals surface area contributed by atoms with Crippen LogP contribution >= 0.6 is 35.7 Å². The Morgan fingerprint density at radius 2 is 1.20 bits per heavy atom. The minimum Gasteiger partial charge on any atom is -0.480 e. The predicted octanol–water partition coefficient (Wildman–Crippen LogP) is 4.87. The lowest BCUT2D eigenvalue weighted by Gasteiger charge is -2.33. The third kappa shape index (κ3) is 29.4. The van der Waals surface area contributed by atoms with Gasteiger partial charge in [0.15, 0.2) is 5.11 Å². The third-order valence-corrected chi connectivity index (χ3v) is 17.9. The molecule has 0 bridgehead atoms. The van der Waals surface area contributed by atoms with Gasteiger partial charge in [-0.2, -0.15) is 11.8 Å². The molecule has 1 aromatic rings. The third-order valence-electron chi connectivity index (χ3n) is 15.7. The van der Waals surface area contributed by atoms with Crippen molar-refractivity contribution in [1.29, 1.82) is 0 Å². The second-order valence-electron chi connectivity index (χ2n) is 23.0. The van der Waals surface area contributed by atoms with Gasteiger partial charge in [0, 0.05) is 90.5 Å². The van der Waals surface area contributed by atoms with Crippen LogP contribution in [0.5, 0.6) is 0 Å². The van der Waals surface area contributed by atoms with E-state index in [0.717, 1.165) is 18.5 Å². The molecule has 4 unspecified atom stereocenters. The molecular formula is C59H97N11O12S3. The highest BCUT2D eigenvalue weighted by Gasteiger charge is 2.38. The molecule has 4 amide bonds. The van der Waals surface area contributed by atoms with Crippen molar-refractivity contribution in [2.75, 3.05) is 108 Å². The molecule has 0 radical (unpaired) electrons. The largest absolute Gasteiger partial charge is 0.480 e. The average molecular weight is 1250 g/mol. The van der Waals surface area contributed by atoms with Crippen LogP contribution in [0.15, 0.2) is 29.3 Å². The van der Waals surface area contributed by atoms with Gasteiger partial charge in [0.1, 0.15) is 18.1 Å². The molecule has 26 heteroatoms. The van der Waals surface area contributed by atoms with Gasteiger partial charge in [-0.1, -0.05) is 83.8 Å². The van der Waals surface area contributed by atoms with Gasteiger partial charge in [-0.15, -0.1) is 11.8 Å². The number of imide groups is 1. The smallest absolute Gasteiger partial charge is 0.326 e. The summed E-state index contributed by atoms with van der Waals surface area (Å²) in [5.74, 6) is -3.94. The fourth-order valence-corrected chi connectivity index (χ4v) is 12.6. The minimum atomic E-state index is -1.29. The van der Waals surface area contributed by atoms with E-state index in [1.54, 1.807) is 28.5 Å². The van der Waals surface area contributed by atoms with Crippen LogP contribution in [0.25, 0.3) is 0 Å². The summed E-state index contributed by atoms with van der Waals surface area (Å²) < 4.78 is 0. The van der Waals surface area contributed by atoms with Gasteiger partial charge in [-0.25, -0.2) is 4.79 Å². The number of likely N-dealkylation sites (tertiary alicyclic amines) is 1. The van der Waals surface area contributed by atoms with Gasteiger partial charge < -0.3 is 47.4 Å². The lowest BCUT2D eigenvalue weighted by Crippen LogP contribution is -2.57. The van der Waals surface area contributed by atoms with Crippen LogP contribution in [0.3, 0.4) is 0 Å². The molecule has 1 saturated carbocycles. The van der Waals surface area contributed by atoms with Crippen molar-refractivity contribution in [2.45, 2.75) is 159 Å². The fraction of sp³-hybridized carbons (Fsp3) is 0.729. The Morgan fingerprint density at radius 3 is 1.71 bits per heavy atom. The molecule has 2 heterocycles. The summed E-state index contributed by atoms with van der Waals surface area (Å²) in [5.41, 5.74) is 7.86. The number of carbonyl (C=O) groups excluding carboxylic acids is 4. The fourth-order valence-electron chi connectivity index (χ4n) is 10.7. The van der Waals surface area contributed by atoms with Crippen molar-refractivity contribution in [2.24, 2.45) is 22.6 Å². The van der Waals surface area contributed by atoms with E-state index >= 15 is 0 Å². The maximum Gasteiger partial charge on any atom is 0.326 e. The van der Waals surface area contributed by atoms with Crippen LogP contribution in [0.4, 0.5) is 5.69 Å². The van der Waals surface area contributed by atoms with E-state index < -0.39 is 65.0 Å². The van der Waals surface area contributed by atoms with Crippen LogP contribution in [0.2, 0.25) is 0 Å². The highest BCUT2D eigenvalue weighted by molar-refractivity contribution is 8.00. The Balaban J connectivity index is 1.24. The lowest BCUT2D eigenvalue weighted by atomic mass is 9.93. The summed E-state index contributed by atoms with van der Waals surface area (Å²) in [6, 6.07) is 4.18. The Kier molecular flexibility index (Phi) is 34.4. The Labute approximate surface area is 516 Å². The monoisotopic (exact) mass is 1250 g/mol. The van der Waals surface area contributed by atoms with Gasteiger partial charge in [-0.3, -0.25) is 63.1 Å². The first-order valence-electron chi connectivity index (χ1n) is 30.5. The van der Waals surface area contributed by atoms with Gasteiger partial charge in [0.2, 0.25) is 23.6 Å². The van der Waals surface area contributed by atoms with Crippen molar-refractivity contribution < 1.29 is 58.8 Å². The first-order valence-corrected chi connectivity index (χ1v) is 33.3. The molecule has 478 valence electrons. The number of thiocarbonyl (C=S) groups is 1. The molecule has 4 rings (SSSR count). The molecule has 10 N–H and O–H groups in total. The highest BCUT2D eigenvalue weighted by atomic mass is 32.2. The molecule has 2 saturated heterocycles. The number of carbonyl (C=O) groups is 8. The van der Waals surface area contributed by atoms with Crippen LogP contribution in [0.1, 0.15) is 135 Å². The van der Waals surface area contributed by atoms with E-state index in [1.165, 1.54) is 99.1 Å². The number of hydrogen-bond donors (Lipinski definition) is 9. The first kappa shape index (κ1) is 72.4. The summed E-state index contributed by atoms with van der Waals surface area (Å²) in [4.78, 5) is 115. The highest BCUT2D eigenvalue weighted by Crippen LogP contribution is 2.27. The number of aliphatic carboxylic acids is 4. The summed E-state index contributed by atoms with van der Waals surface area (Å²) in [7, 11) is 0. The summed E-state index contributed by atoms with van der Waals surface area (Å²) in [6.07, 6.45) is 18.6. The molecule has 0 aromatic heterocycles. The van der Waals surface area contributed by atoms with E-state index in [1.807, 2.05) is 30.5 Å². The second kappa shape index (κ2) is 40.4. The molecule has 3 aliphatic rings. The number of thioether (sulfide) groups is 2. The van der Waals surface area contributed by atoms with E-state index in [4.69, 9.17) is 22.9 Å². The van der Waals surface area contributed by atoms with Crippen LogP contribution < -0.4 is 27.0 Å². The molecule has 85 heavy (non-hydrogen) atoms. The summed E-state index contributed by atoms with van der Waals surface area (Å²) in [6.45, 7) is 7.08. The molecule has 4 atom stereocenters. The zero-order chi connectivity index (χ0) is 62.1. The average Bonchev–Trinajstić information content (AvgIpc) is 3.78. The molecule has 2 aliphatic heterocycles. The molecule has 0 spiro atoms. The number of benzene rings is 1. The summed E-state index contributed by atoms with van der Waals surface area (Å²) >= 11 is 8.64. The summed E-state index contributed by atoms with van der Waals surface area (Å²) in [5, 5.41) is 50.1. The minimum absolute atomic E-state index is 0.0353. The number of carboxylic acids is 4. The number of rotatable bonds is 31. The Hall–Kier alpha value is -5.12. The maximum absolute atomic E-state index is 13.9. The number of amides is 4. The number of anilines is 1. The number of carboxylic acid groups (broad SMARTS) is 4. The van der Waals surface area contributed by atoms with Gasteiger partial charge in [0.25, 0.3) is 0 Å². The van der Waals surface area contributed by atoms with Gasteiger partial charge in [0.05, 0.1) is 30.7 Å². The zero-order valence-corrected chi connectivity index (χ0v) is 52.8. The van der Waals surface area contributed by atoms with E-state index in [0.29, 0.717) is 114 Å². The predicted molar refractivity (Wildman–Crippen MR) is 338 cm³/mol. The van der Waals surface area contributed by atoms with Crippen molar-refractivity contribution in [3.8, 4) is 0 Å². The lowest BCUT2D eigenvalue weighted by molar-refractivity contribution is -0.143. The number of unbranched alkanes of at least 4 members (excludes halogenated alkanes) is 1. The molecular weight excluding hydrogens is 1150 g/mol. The zero-order valence-electron chi connectivity index (χ0n) is 50.4. The maximum atomic E-state index is 13.9. The second-order valence-corrected chi connectivity index (χ2v) is 25.8. The number of nitrogens with one attached hydrogen (secondary N) is 4. The number of hydrogen-bond acceptors (Lipinski definition) is 16.